The van der Waals surface area contributed by atoms with Crippen LogP contribution in [0.2, 0.25) is 0 Å². The van der Waals surface area contributed by atoms with Crippen molar-refractivity contribution in [2.75, 3.05) is 6.24 Å². The molecule has 0 spiro atoms. The summed E-state index contributed by atoms with van der Waals surface area (Å²) >= 11 is -2.96. The second-order valence-corrected chi connectivity index (χ2v) is 17.4. The summed E-state index contributed by atoms with van der Waals surface area (Å²) in [5.41, 5.74) is 17.1. The summed E-state index contributed by atoms with van der Waals surface area (Å²) in [7, 11) is -0.965. The van der Waals surface area contributed by atoms with Crippen LogP contribution in [0.4, 0.5) is 11.4 Å². The van der Waals surface area contributed by atoms with Crippen LogP contribution >= 0.6 is 8.92 Å². The first-order valence-corrected chi connectivity index (χ1v) is 18.4. The maximum atomic E-state index is 12.5. The van der Waals surface area contributed by atoms with Crippen LogP contribution in [-0.2, 0) is 19.9 Å². The summed E-state index contributed by atoms with van der Waals surface area (Å²) in [6, 6.07) is 12.2. The topological polar surface area (TPSA) is 189 Å². The predicted octanol–water partition coefficient (Wildman–Crippen LogP) is 0.768. The molecule has 1 radical (unpaired) electrons. The molecule has 33 heavy (non-hydrogen) atoms. The van der Waals surface area contributed by atoms with Gasteiger partial charge in [-0.25, -0.2) is 0 Å². The van der Waals surface area contributed by atoms with E-state index in [4.69, 9.17) is 31.5 Å². The van der Waals surface area contributed by atoms with Gasteiger partial charge in [-0.15, -0.1) is 0 Å². The van der Waals surface area contributed by atoms with Crippen molar-refractivity contribution in [1.82, 2.24) is 0 Å². The number of sulfonamides is 1. The van der Waals surface area contributed by atoms with Gasteiger partial charge in [-0.05, 0) is 0 Å². The van der Waals surface area contributed by atoms with Gasteiger partial charge < -0.3 is 0 Å². The number of nitrogens with two attached hydrogens (primary N) is 3. The monoisotopic (exact) mass is 618 g/mol. The second-order valence-electron chi connectivity index (χ2n) is 6.93. The van der Waals surface area contributed by atoms with E-state index in [1.165, 1.54) is 31.2 Å². The molecule has 1 heterocycles. The molecule has 0 saturated heterocycles. The van der Waals surface area contributed by atoms with E-state index < -0.39 is 56.1 Å². The average Bonchev–Trinajstić information content (AvgIpc) is 3.13. The number of rotatable bonds is 7. The number of halogens is 1. The Bertz CT molecular complexity index is 1330. The molecule has 1 unspecified atom stereocenters. The number of sulfone groups is 1. The second kappa shape index (κ2) is 9.40. The summed E-state index contributed by atoms with van der Waals surface area (Å²) in [4.78, 5) is 0.00210. The minimum absolute atomic E-state index is 0.0593. The van der Waals surface area contributed by atoms with E-state index >= 15 is 0 Å². The molecule has 7 N–H and O–H groups in total. The van der Waals surface area contributed by atoms with Crippen LogP contribution in [0.3, 0.4) is 0 Å². The fourth-order valence-corrected chi connectivity index (χ4v) is 10.9. The normalized spacial score (nSPS) is 15.5. The van der Waals surface area contributed by atoms with E-state index in [0.717, 1.165) is 0 Å². The Balaban J connectivity index is 1.79. The first-order chi connectivity index (χ1) is 15.3. The number of benzene rings is 2. The van der Waals surface area contributed by atoms with E-state index in [9.17, 15) is 16.8 Å². The van der Waals surface area contributed by atoms with Crippen LogP contribution in [0.1, 0.15) is 6.92 Å². The Morgan fingerprint density at radius 1 is 0.909 bits per heavy atom. The van der Waals surface area contributed by atoms with Gasteiger partial charge in [0.2, 0.25) is 0 Å². The Labute approximate surface area is 203 Å². The standard InChI is InChI=1S/C18H21N7O4S2.ClH.Sn/c1-12(17(19)20)30(26,27)15-6-2-13(3-7-15)23-10-11-24-14-4-8-16(9-5-14)31(28,29)25-18(21)22;;/h2-12H,1H3,(H3,19,20)(H4,21,22,25);1H;/q-2;;+3/p-1. The van der Waals surface area contributed by atoms with Crippen LogP contribution < -0.4 is 23.4 Å². The van der Waals surface area contributed by atoms with Crippen molar-refractivity contribution >= 4 is 71.1 Å². The Kier molecular flexibility index (Phi) is 7.16. The molecule has 15 heteroatoms. The third-order valence-corrected chi connectivity index (χ3v) is 15.2. The van der Waals surface area contributed by atoms with Gasteiger partial charge >= 0.3 is 204 Å². The SMILES string of the molecule is CC(C(=N)N)S(=O)(=O)c1ccc([N]2C=C[N](c3ccc(S(=O)(=O)N=C(N)N)cc3)[Sn]2[Cl])cc1. The van der Waals surface area contributed by atoms with Crippen molar-refractivity contribution in [3.63, 3.8) is 0 Å². The predicted molar refractivity (Wildman–Crippen MR) is 130 cm³/mol. The third-order valence-electron chi connectivity index (χ3n) is 4.75. The van der Waals surface area contributed by atoms with Crippen LogP contribution in [0.25, 0.3) is 0 Å². The summed E-state index contributed by atoms with van der Waals surface area (Å²) in [5, 5.41) is 6.28. The van der Waals surface area contributed by atoms with E-state index in [1.807, 2.05) is 6.24 Å². The van der Waals surface area contributed by atoms with Gasteiger partial charge in [-0.1, -0.05) is 0 Å². The van der Waals surface area contributed by atoms with E-state index in [0.29, 0.717) is 11.4 Å². The van der Waals surface area contributed by atoms with Crippen LogP contribution in [0.15, 0.2) is 75.1 Å². The molecule has 1 aliphatic rings. The van der Waals surface area contributed by atoms with Crippen molar-refractivity contribution < 1.29 is 16.8 Å². The zero-order chi connectivity index (χ0) is 24.6. The van der Waals surface area contributed by atoms with Gasteiger partial charge in [0, 0.05) is 0 Å². The average molecular weight is 618 g/mol. The van der Waals surface area contributed by atoms with E-state index in [-0.39, 0.29) is 9.79 Å². The van der Waals surface area contributed by atoms with Crippen molar-refractivity contribution in [2.45, 2.75) is 22.0 Å². The molecule has 1 aliphatic heterocycles. The van der Waals surface area contributed by atoms with E-state index in [2.05, 4.69) is 4.40 Å². The molecule has 0 aliphatic carbocycles. The molecular weight excluding hydrogens is 597 g/mol. The summed E-state index contributed by atoms with van der Waals surface area (Å²) in [6.45, 7) is 1.37. The Morgan fingerprint density at radius 2 is 1.33 bits per heavy atom. The third kappa shape index (κ3) is 5.20. The molecule has 0 fully saturated rings. The molecule has 0 bridgehead atoms. The first-order valence-electron chi connectivity index (χ1n) is 9.27. The number of anilines is 2. The molecule has 2 aromatic rings. The summed E-state index contributed by atoms with van der Waals surface area (Å²) in [5.74, 6) is -0.978. The van der Waals surface area contributed by atoms with E-state index in [1.54, 1.807) is 36.7 Å². The number of amidine groups is 1. The molecule has 0 saturated carbocycles. The molecule has 3 rings (SSSR count). The van der Waals surface area contributed by atoms with Gasteiger partial charge in [-0.3, -0.25) is 0 Å². The molecular formula is C18H21ClN7O4S2Sn. The van der Waals surface area contributed by atoms with Gasteiger partial charge in [-0.2, -0.15) is 0 Å². The molecule has 0 amide bonds. The van der Waals surface area contributed by atoms with Crippen molar-refractivity contribution in [3.05, 3.63) is 60.9 Å². The quantitative estimate of drug-likeness (QED) is 0.198. The molecule has 2 aromatic carbocycles. The molecule has 175 valence electrons. The number of nitrogens with one attached hydrogen (secondary N) is 1. The van der Waals surface area contributed by atoms with Gasteiger partial charge in [0.25, 0.3) is 0 Å². The van der Waals surface area contributed by atoms with Gasteiger partial charge in [0.1, 0.15) is 0 Å². The number of hydrogen-bond donors (Lipinski definition) is 4. The number of hydrogen-bond acceptors (Lipinski definition) is 7. The summed E-state index contributed by atoms with van der Waals surface area (Å²) < 4.78 is 56.3. The van der Waals surface area contributed by atoms with Crippen LogP contribution in [0, 0.1) is 5.41 Å². The number of nitrogens with zero attached hydrogens (tertiary/aromatic N) is 3. The zero-order valence-corrected chi connectivity index (χ0v) is 22.5. The minimum atomic E-state index is -3.99. The van der Waals surface area contributed by atoms with Crippen molar-refractivity contribution in [1.29, 1.82) is 5.41 Å². The Morgan fingerprint density at radius 3 is 1.73 bits per heavy atom. The van der Waals surface area contributed by atoms with Crippen LogP contribution in [0.5, 0.6) is 0 Å². The zero-order valence-electron chi connectivity index (χ0n) is 17.3. The Hall–Kier alpha value is -2.49. The number of guanidine groups is 1. The van der Waals surface area contributed by atoms with Gasteiger partial charge in [0.05, 0.1) is 0 Å². The molecule has 1 atom stereocenters. The fourth-order valence-electron chi connectivity index (χ4n) is 2.90. The summed E-state index contributed by atoms with van der Waals surface area (Å²) in [6.07, 6.45) is 3.57. The van der Waals surface area contributed by atoms with Crippen molar-refractivity contribution in [2.24, 2.45) is 21.6 Å². The fraction of sp³-hybridized carbons (Fsp3) is 0.111. The molecule has 0 aromatic heterocycles. The van der Waals surface area contributed by atoms with Crippen molar-refractivity contribution in [3.8, 4) is 0 Å². The first kappa shape index (κ1) is 25.1. The van der Waals surface area contributed by atoms with Gasteiger partial charge in [0.15, 0.2) is 0 Å². The molecule has 11 nitrogen and oxygen atoms in total. The maximum absolute atomic E-state index is 12.5. The van der Waals surface area contributed by atoms with Crippen LogP contribution in [-0.4, -0.2) is 53.1 Å².